The van der Waals surface area contributed by atoms with Crippen LogP contribution in [0.25, 0.3) is 11.2 Å². The second kappa shape index (κ2) is 10.4. The minimum Gasteiger partial charge on any atom is -0.790 e. The Bertz CT molecular complexity index is 751. The molecule has 0 saturated carbocycles. The second-order valence-electron chi connectivity index (χ2n) is 4.72. The van der Waals surface area contributed by atoms with Gasteiger partial charge < -0.3 is 44.4 Å². The summed E-state index contributed by atoms with van der Waals surface area (Å²) in [6.07, 6.45) is -1.79. The van der Waals surface area contributed by atoms with Crippen LogP contribution in [-0.4, -0.2) is 69.8 Å². The Morgan fingerprint density at radius 1 is 1.19 bits per heavy atom. The van der Waals surface area contributed by atoms with E-state index in [1.54, 1.807) is 0 Å². The summed E-state index contributed by atoms with van der Waals surface area (Å²) in [6.45, 7) is -0.415. The summed E-state index contributed by atoms with van der Waals surface area (Å²) in [5, 5.41) is 38.2. The second-order valence-corrected chi connectivity index (χ2v) is 5.66. The first kappa shape index (κ1) is 25.8. The maximum Gasteiger partial charge on any atom is 1.00 e. The SMILES string of the molecule is O=P([O-])([O-])O.OC[C@H]1O[C@@H](n2cnc3c(O)ncnc32)[C@H](O)[C@@H]1O.[Ag+].[Ag+]. The van der Waals surface area contributed by atoms with Crippen molar-refractivity contribution in [2.24, 2.45) is 0 Å². The van der Waals surface area contributed by atoms with Gasteiger partial charge in [-0.15, -0.1) is 0 Å². The third-order valence-corrected chi connectivity index (χ3v) is 3.13. The summed E-state index contributed by atoms with van der Waals surface area (Å²) in [6, 6.07) is 0. The number of ether oxygens (including phenoxy) is 1. The van der Waals surface area contributed by atoms with Gasteiger partial charge in [-0.1, -0.05) is 0 Å². The van der Waals surface area contributed by atoms with E-state index in [2.05, 4.69) is 15.0 Å². The molecule has 0 amide bonds. The van der Waals surface area contributed by atoms with Crippen LogP contribution in [0.4, 0.5) is 0 Å². The van der Waals surface area contributed by atoms with Crippen molar-refractivity contribution in [2.45, 2.75) is 24.5 Å². The first-order chi connectivity index (χ1) is 11.1. The van der Waals surface area contributed by atoms with Gasteiger partial charge in [0.1, 0.15) is 24.6 Å². The third kappa shape index (κ3) is 6.15. The van der Waals surface area contributed by atoms with Crippen molar-refractivity contribution in [3.63, 3.8) is 0 Å². The fraction of sp³-hybridized carbons (Fsp3) is 0.500. The fourth-order valence-electron chi connectivity index (χ4n) is 2.14. The first-order valence-electron chi connectivity index (χ1n) is 6.37. The third-order valence-electron chi connectivity index (χ3n) is 3.13. The number of aliphatic hydroxyl groups excluding tert-OH is 3. The van der Waals surface area contributed by atoms with E-state index in [0.29, 0.717) is 0 Å². The van der Waals surface area contributed by atoms with E-state index < -0.39 is 39.0 Å². The molecule has 0 spiro atoms. The Morgan fingerprint density at radius 2 is 1.77 bits per heavy atom. The molecular formula is C10H13Ag2N4O9P. The molecule has 2 aromatic heterocycles. The minimum absolute atomic E-state index is 0. The summed E-state index contributed by atoms with van der Waals surface area (Å²) in [7, 11) is -5.14. The predicted molar refractivity (Wildman–Crippen MR) is 69.8 cm³/mol. The zero-order chi connectivity index (χ0) is 18.1. The Hall–Kier alpha value is -0.219. The number of rotatable bonds is 2. The van der Waals surface area contributed by atoms with Crippen molar-refractivity contribution in [1.82, 2.24) is 19.5 Å². The number of imidazole rings is 1. The van der Waals surface area contributed by atoms with E-state index in [-0.39, 0.29) is 61.8 Å². The average Bonchev–Trinajstić information content (AvgIpc) is 3.01. The molecule has 0 aromatic carbocycles. The van der Waals surface area contributed by atoms with Gasteiger partial charge in [0.15, 0.2) is 17.4 Å². The first-order valence-corrected chi connectivity index (χ1v) is 7.86. The van der Waals surface area contributed by atoms with Crippen molar-refractivity contribution in [2.75, 3.05) is 6.61 Å². The number of hydrogen-bond donors (Lipinski definition) is 5. The van der Waals surface area contributed by atoms with E-state index in [1.807, 2.05) is 0 Å². The standard InChI is InChI=1S/C10H12N4O5.2Ag.H3O4P/c15-1-4-6(16)7(17)10(19-4)14-3-13-5-8(14)11-2-12-9(5)18;;;1-5(2,3)4/h2-4,6-7,10,15-17H,1H2,(H,11,12,18);;;(H3,1,2,3,4)/q;2*+1;/p-2/t4-,6-,7-,10-;;;/m1.../s1. The van der Waals surface area contributed by atoms with Crippen LogP contribution in [0.2, 0.25) is 0 Å². The summed E-state index contributed by atoms with van der Waals surface area (Å²) < 4.78 is 15.4. The predicted octanol–water partition coefficient (Wildman–Crippen LogP) is -4.05. The van der Waals surface area contributed by atoms with E-state index in [0.717, 1.165) is 6.33 Å². The Balaban J connectivity index is 0.000000798. The molecule has 0 radical (unpaired) electrons. The Morgan fingerprint density at radius 3 is 2.27 bits per heavy atom. The summed E-state index contributed by atoms with van der Waals surface area (Å²) >= 11 is 0. The molecule has 3 heterocycles. The number of aromatic hydroxyl groups is 1. The van der Waals surface area contributed by atoms with Gasteiger partial charge in [-0.3, -0.25) is 4.57 Å². The van der Waals surface area contributed by atoms with Gasteiger partial charge in [-0.25, -0.2) is 9.97 Å². The van der Waals surface area contributed by atoms with Gasteiger partial charge in [0, 0.05) is 0 Å². The number of fused-ring (bicyclic) bond motifs is 1. The van der Waals surface area contributed by atoms with Crippen LogP contribution >= 0.6 is 7.82 Å². The maximum atomic E-state index is 9.92. The summed E-state index contributed by atoms with van der Waals surface area (Å²) in [4.78, 5) is 35.7. The van der Waals surface area contributed by atoms with E-state index in [4.69, 9.17) is 29.1 Å². The molecule has 16 heteroatoms. The van der Waals surface area contributed by atoms with Gasteiger partial charge in [-0.2, -0.15) is 4.98 Å². The van der Waals surface area contributed by atoms with Crippen molar-refractivity contribution in [3.8, 4) is 5.88 Å². The van der Waals surface area contributed by atoms with Crippen LogP contribution in [0.1, 0.15) is 6.23 Å². The number of nitrogens with zero attached hydrogens (tertiary/aromatic N) is 4. The minimum atomic E-state index is -5.14. The topological polar surface area (TPSA) is 217 Å². The molecule has 13 nitrogen and oxygen atoms in total. The van der Waals surface area contributed by atoms with Crippen LogP contribution < -0.4 is 9.79 Å². The van der Waals surface area contributed by atoms with Crippen molar-refractivity contribution in [1.29, 1.82) is 0 Å². The molecule has 0 unspecified atom stereocenters. The van der Waals surface area contributed by atoms with Crippen LogP contribution in [-0.2, 0) is 54.1 Å². The van der Waals surface area contributed by atoms with Crippen LogP contribution in [0.15, 0.2) is 12.7 Å². The molecule has 5 N–H and O–H groups in total. The largest absolute Gasteiger partial charge is 1.00 e. The van der Waals surface area contributed by atoms with Gasteiger partial charge in [0.05, 0.1) is 20.8 Å². The maximum absolute atomic E-state index is 9.92. The summed E-state index contributed by atoms with van der Waals surface area (Å²) in [5.74, 6) is -0.282. The van der Waals surface area contributed by atoms with Gasteiger partial charge in [0.25, 0.3) is 0 Å². The molecule has 1 saturated heterocycles. The van der Waals surface area contributed by atoms with Crippen LogP contribution in [0.5, 0.6) is 5.88 Å². The van der Waals surface area contributed by atoms with E-state index in [1.165, 1.54) is 10.9 Å². The summed E-state index contributed by atoms with van der Waals surface area (Å²) in [5.41, 5.74) is 0.433. The fourth-order valence-corrected chi connectivity index (χ4v) is 2.14. The monoisotopic (exact) mass is 578 g/mol. The zero-order valence-corrected chi connectivity index (χ0v) is 16.2. The number of aromatic nitrogens is 4. The van der Waals surface area contributed by atoms with Crippen LogP contribution in [0.3, 0.4) is 0 Å². The molecule has 1 aliphatic heterocycles. The molecule has 1 aliphatic rings. The smallest absolute Gasteiger partial charge is 0.790 e. The zero-order valence-electron chi connectivity index (χ0n) is 12.4. The molecule has 4 atom stereocenters. The molecule has 154 valence electrons. The van der Waals surface area contributed by atoms with Crippen molar-refractivity contribution >= 4 is 19.0 Å². The molecule has 0 bridgehead atoms. The van der Waals surface area contributed by atoms with Gasteiger partial charge >= 0.3 is 44.8 Å². The number of hydrogen-bond acceptors (Lipinski definition) is 11. The van der Waals surface area contributed by atoms with Gasteiger partial charge in [0.2, 0.25) is 5.88 Å². The molecule has 1 fully saturated rings. The Labute approximate surface area is 177 Å². The number of phosphoric acid groups is 1. The average molecular weight is 580 g/mol. The number of aliphatic hydroxyl groups is 3. The van der Waals surface area contributed by atoms with Gasteiger partial charge in [-0.05, 0) is 0 Å². The normalized spacial score (nSPS) is 25.0. The van der Waals surface area contributed by atoms with E-state index in [9.17, 15) is 15.3 Å². The molecular weight excluding hydrogens is 567 g/mol. The van der Waals surface area contributed by atoms with Crippen molar-refractivity contribution < 1.29 is 89.2 Å². The van der Waals surface area contributed by atoms with Crippen LogP contribution in [0, 0.1) is 0 Å². The van der Waals surface area contributed by atoms with E-state index >= 15 is 0 Å². The quantitative estimate of drug-likeness (QED) is 0.170. The molecule has 0 aliphatic carbocycles. The molecule has 2 aromatic rings. The Kier molecular flexibility index (Phi) is 10.3. The molecule has 3 rings (SSSR count). The van der Waals surface area contributed by atoms with Crippen molar-refractivity contribution in [3.05, 3.63) is 12.7 Å². The molecule has 26 heavy (non-hydrogen) atoms.